The predicted octanol–water partition coefficient (Wildman–Crippen LogP) is 3.54. The van der Waals surface area contributed by atoms with Crippen molar-refractivity contribution in [3.05, 3.63) is 79.3 Å². The van der Waals surface area contributed by atoms with E-state index in [0.29, 0.717) is 0 Å². The first kappa shape index (κ1) is 9.53. The van der Waals surface area contributed by atoms with E-state index in [1.54, 1.807) is 0 Å². The molecule has 0 heteroatoms. The van der Waals surface area contributed by atoms with Crippen LogP contribution in [-0.2, 0) is 0 Å². The lowest BCUT2D eigenvalue weighted by molar-refractivity contribution is 1.72. The minimum absolute atomic E-state index is 2.00. The zero-order valence-electron chi connectivity index (χ0n) is 7.51. The van der Waals surface area contributed by atoms with E-state index < -0.39 is 0 Å². The molecule has 0 heterocycles. The zero-order chi connectivity index (χ0) is 9.19. The number of hydrogen-bond acceptors (Lipinski definition) is 0. The molecule has 0 unspecified atom stereocenters. The molecular formula is C13H13. The smallest absolute Gasteiger partial charge is 0.00506 e. The van der Waals surface area contributed by atoms with Gasteiger partial charge in [-0.2, -0.15) is 0 Å². The number of hydrogen-bond donors (Lipinski definition) is 0. The van der Waals surface area contributed by atoms with E-state index >= 15 is 0 Å². The molecular weight excluding hydrogens is 156 g/mol. The van der Waals surface area contributed by atoms with Gasteiger partial charge in [0.25, 0.3) is 0 Å². The van der Waals surface area contributed by atoms with Crippen molar-refractivity contribution in [2.75, 3.05) is 0 Å². The topological polar surface area (TPSA) is 0 Å². The molecule has 0 amide bonds. The van der Waals surface area contributed by atoms with Crippen molar-refractivity contribution in [3.8, 4) is 0 Å². The molecule has 65 valence electrons. The molecule has 1 aliphatic rings. The Bertz CT molecular complexity index is 253. The third kappa shape index (κ3) is 5.68. The summed E-state index contributed by atoms with van der Waals surface area (Å²) in [6.45, 7) is 0. The molecule has 0 saturated carbocycles. The second-order valence-electron chi connectivity index (χ2n) is 2.50. The van der Waals surface area contributed by atoms with Crippen LogP contribution in [0.1, 0.15) is 0 Å². The second-order valence-corrected chi connectivity index (χ2v) is 2.50. The summed E-state index contributed by atoms with van der Waals surface area (Å²) in [7, 11) is 0. The van der Waals surface area contributed by atoms with E-state index in [2.05, 4.69) is 0 Å². The van der Waals surface area contributed by atoms with Crippen LogP contribution in [0.4, 0.5) is 0 Å². The van der Waals surface area contributed by atoms with E-state index in [-0.39, 0.29) is 0 Å². The van der Waals surface area contributed by atoms with Gasteiger partial charge in [-0.1, -0.05) is 72.9 Å². The van der Waals surface area contributed by atoms with E-state index in [1.165, 1.54) is 0 Å². The highest BCUT2D eigenvalue weighted by Gasteiger charge is 1.69. The first-order valence-corrected chi connectivity index (χ1v) is 4.33. The van der Waals surface area contributed by atoms with Crippen LogP contribution in [0.2, 0.25) is 0 Å². The van der Waals surface area contributed by atoms with Crippen molar-refractivity contribution in [2.45, 2.75) is 0 Å². The van der Waals surface area contributed by atoms with Crippen LogP contribution in [0.3, 0.4) is 0 Å². The first-order chi connectivity index (χ1) is 6.50. The SMILES string of the molecule is [CH]1C=CC=CC=CC=CC=CC=C1. The molecule has 0 nitrogen and oxygen atoms in total. The van der Waals surface area contributed by atoms with Gasteiger partial charge in [-0.25, -0.2) is 0 Å². The van der Waals surface area contributed by atoms with Crippen molar-refractivity contribution < 1.29 is 0 Å². The Hall–Kier alpha value is -1.56. The maximum atomic E-state index is 2.00. The van der Waals surface area contributed by atoms with E-state index in [1.807, 2.05) is 79.3 Å². The monoisotopic (exact) mass is 169 g/mol. The van der Waals surface area contributed by atoms with Crippen molar-refractivity contribution in [1.29, 1.82) is 0 Å². The molecule has 1 rings (SSSR count). The maximum Gasteiger partial charge on any atom is 0.00506 e. The van der Waals surface area contributed by atoms with Crippen LogP contribution in [0.25, 0.3) is 0 Å². The minimum atomic E-state index is 2.00. The minimum Gasteiger partial charge on any atom is -0.0767 e. The average molecular weight is 169 g/mol. The first-order valence-electron chi connectivity index (χ1n) is 4.33. The summed E-state index contributed by atoms with van der Waals surface area (Å²) in [5.74, 6) is 0. The average Bonchev–Trinajstić information content (AvgIpc) is 2.18. The van der Waals surface area contributed by atoms with Crippen LogP contribution in [0.5, 0.6) is 0 Å². The van der Waals surface area contributed by atoms with Gasteiger partial charge in [0.2, 0.25) is 0 Å². The van der Waals surface area contributed by atoms with Gasteiger partial charge >= 0.3 is 0 Å². The summed E-state index contributed by atoms with van der Waals surface area (Å²) in [4.78, 5) is 0. The lowest BCUT2D eigenvalue weighted by atomic mass is 10.3. The Kier molecular flexibility index (Phi) is 5.21. The third-order valence-electron chi connectivity index (χ3n) is 1.44. The quantitative estimate of drug-likeness (QED) is 0.520. The molecule has 0 aromatic heterocycles. The lowest BCUT2D eigenvalue weighted by Crippen LogP contribution is -1.58. The van der Waals surface area contributed by atoms with Gasteiger partial charge in [-0.15, -0.1) is 0 Å². The Morgan fingerprint density at radius 2 is 0.462 bits per heavy atom. The van der Waals surface area contributed by atoms with Gasteiger partial charge in [0.15, 0.2) is 0 Å². The number of allylic oxidation sites excluding steroid dienone is 12. The fraction of sp³-hybridized carbons (Fsp3) is 0. The molecule has 0 aromatic carbocycles. The van der Waals surface area contributed by atoms with Gasteiger partial charge in [0.05, 0.1) is 0 Å². The van der Waals surface area contributed by atoms with E-state index in [9.17, 15) is 0 Å². The number of rotatable bonds is 0. The molecule has 0 aliphatic heterocycles. The standard InChI is InChI=1S/C13H13/c1-2-4-6-8-10-12-13-11-9-7-5-3-1/h1-13H. The normalized spacial score (nSPS) is 16.6. The third-order valence-corrected chi connectivity index (χ3v) is 1.44. The highest BCUT2D eigenvalue weighted by molar-refractivity contribution is 5.23. The van der Waals surface area contributed by atoms with Gasteiger partial charge in [-0.3, -0.25) is 0 Å². The summed E-state index contributed by atoms with van der Waals surface area (Å²) in [6.07, 6.45) is 26.0. The van der Waals surface area contributed by atoms with Gasteiger partial charge in [-0.05, 0) is 0 Å². The largest absolute Gasteiger partial charge is 0.0767 e. The van der Waals surface area contributed by atoms with Crippen LogP contribution >= 0.6 is 0 Å². The van der Waals surface area contributed by atoms with Crippen LogP contribution < -0.4 is 0 Å². The van der Waals surface area contributed by atoms with Crippen molar-refractivity contribution in [2.24, 2.45) is 0 Å². The molecule has 0 fully saturated rings. The van der Waals surface area contributed by atoms with E-state index in [0.717, 1.165) is 0 Å². The lowest BCUT2D eigenvalue weighted by Gasteiger charge is -1.77. The molecule has 1 radical (unpaired) electrons. The Morgan fingerprint density at radius 1 is 0.231 bits per heavy atom. The molecule has 0 N–H and O–H groups in total. The molecule has 0 bridgehead atoms. The molecule has 0 saturated heterocycles. The summed E-state index contributed by atoms with van der Waals surface area (Å²) >= 11 is 0. The van der Waals surface area contributed by atoms with E-state index in [4.69, 9.17) is 0 Å². The van der Waals surface area contributed by atoms with Crippen molar-refractivity contribution >= 4 is 0 Å². The highest BCUT2D eigenvalue weighted by atomic mass is 13.8. The summed E-state index contributed by atoms with van der Waals surface area (Å²) < 4.78 is 0. The molecule has 1 aliphatic carbocycles. The second kappa shape index (κ2) is 7.11. The molecule has 0 aromatic rings. The van der Waals surface area contributed by atoms with Gasteiger partial charge in [0.1, 0.15) is 0 Å². The molecule has 13 heavy (non-hydrogen) atoms. The predicted molar refractivity (Wildman–Crippen MR) is 59.1 cm³/mol. The molecule has 0 spiro atoms. The summed E-state index contributed by atoms with van der Waals surface area (Å²) in [6, 6.07) is 0. The Labute approximate surface area is 80.0 Å². The van der Waals surface area contributed by atoms with Crippen LogP contribution in [0, 0.1) is 6.42 Å². The van der Waals surface area contributed by atoms with Crippen molar-refractivity contribution in [3.63, 3.8) is 0 Å². The summed E-state index contributed by atoms with van der Waals surface area (Å²) in [5.41, 5.74) is 0. The van der Waals surface area contributed by atoms with Crippen LogP contribution in [0.15, 0.2) is 72.9 Å². The fourth-order valence-electron chi connectivity index (χ4n) is 0.834. The maximum absolute atomic E-state index is 2.00. The van der Waals surface area contributed by atoms with Crippen molar-refractivity contribution in [1.82, 2.24) is 0 Å². The van der Waals surface area contributed by atoms with Crippen LogP contribution in [-0.4, -0.2) is 0 Å². The Balaban J connectivity index is 2.62. The summed E-state index contributed by atoms with van der Waals surface area (Å²) in [5, 5.41) is 0. The van der Waals surface area contributed by atoms with Gasteiger partial charge < -0.3 is 0 Å². The fourth-order valence-corrected chi connectivity index (χ4v) is 0.834. The highest BCUT2D eigenvalue weighted by Crippen LogP contribution is 1.89. The Morgan fingerprint density at radius 3 is 0.769 bits per heavy atom. The zero-order valence-corrected chi connectivity index (χ0v) is 7.51. The van der Waals surface area contributed by atoms with Gasteiger partial charge in [0, 0.05) is 6.42 Å². The molecule has 0 atom stereocenters.